The fraction of sp³-hybridized carbons (Fsp3) is 0.176. The summed E-state index contributed by atoms with van der Waals surface area (Å²) in [6.45, 7) is 0. The monoisotopic (exact) mass is 324 g/mol. The maximum Gasteiger partial charge on any atom is 0.265 e. The van der Waals surface area contributed by atoms with Crippen LogP contribution in [-0.2, 0) is 17.6 Å². The van der Waals surface area contributed by atoms with Gasteiger partial charge in [-0.3, -0.25) is 14.7 Å². The van der Waals surface area contributed by atoms with Gasteiger partial charge in [-0.15, -0.1) is 0 Å². The lowest BCUT2D eigenvalue weighted by Crippen LogP contribution is -2.18. The third-order valence-corrected chi connectivity index (χ3v) is 3.70. The Morgan fingerprint density at radius 1 is 1.17 bits per heavy atom. The molecule has 0 radical (unpaired) electrons. The molecule has 0 unspecified atom stereocenters. The molecular weight excluding hydrogens is 308 g/mol. The van der Waals surface area contributed by atoms with Gasteiger partial charge in [-0.2, -0.15) is 5.10 Å². The van der Waals surface area contributed by atoms with Crippen LogP contribution in [-0.4, -0.2) is 38.8 Å². The SMILES string of the molecule is COc1ccc(Cc2[nH]ccc2CC(=O)C(=O)c2ncn[nH]2)cc1. The second-order valence-electron chi connectivity index (χ2n) is 5.27. The molecule has 0 saturated carbocycles. The van der Waals surface area contributed by atoms with Crippen molar-refractivity contribution in [3.05, 3.63) is 65.5 Å². The minimum atomic E-state index is -0.663. The molecule has 0 aliphatic carbocycles. The molecule has 0 fully saturated rings. The van der Waals surface area contributed by atoms with Crippen molar-refractivity contribution in [2.24, 2.45) is 0 Å². The van der Waals surface area contributed by atoms with E-state index in [-0.39, 0.29) is 12.2 Å². The van der Waals surface area contributed by atoms with Crippen molar-refractivity contribution in [1.82, 2.24) is 20.2 Å². The summed E-state index contributed by atoms with van der Waals surface area (Å²) >= 11 is 0. The molecule has 2 heterocycles. The number of hydrogen-bond donors (Lipinski definition) is 2. The predicted octanol–water partition coefficient (Wildman–Crippen LogP) is 1.73. The van der Waals surface area contributed by atoms with Crippen LogP contribution in [0, 0.1) is 0 Å². The third kappa shape index (κ3) is 3.40. The number of H-pyrrole nitrogens is 2. The highest BCUT2D eigenvalue weighted by Crippen LogP contribution is 2.17. The Morgan fingerprint density at radius 2 is 1.96 bits per heavy atom. The van der Waals surface area contributed by atoms with E-state index in [4.69, 9.17) is 4.74 Å². The van der Waals surface area contributed by atoms with Gasteiger partial charge in [-0.25, -0.2) is 4.98 Å². The topological polar surface area (TPSA) is 101 Å². The van der Waals surface area contributed by atoms with Gasteiger partial charge < -0.3 is 9.72 Å². The summed E-state index contributed by atoms with van der Waals surface area (Å²) in [5, 5.41) is 6.00. The van der Waals surface area contributed by atoms with Gasteiger partial charge >= 0.3 is 0 Å². The standard InChI is InChI=1S/C17H16N4O3/c1-24-13-4-2-11(3-5-13)8-14-12(6-7-18-14)9-15(22)16(23)17-19-10-20-21-17/h2-7,10,18H,8-9H2,1H3,(H,19,20,21). The summed E-state index contributed by atoms with van der Waals surface area (Å²) in [4.78, 5) is 30.9. The van der Waals surface area contributed by atoms with Gasteiger partial charge in [0.25, 0.3) is 5.78 Å². The molecule has 0 bridgehead atoms. The summed E-state index contributed by atoms with van der Waals surface area (Å²) in [6.07, 6.45) is 3.62. The highest BCUT2D eigenvalue weighted by molar-refractivity contribution is 6.43. The van der Waals surface area contributed by atoms with Crippen molar-refractivity contribution in [2.75, 3.05) is 7.11 Å². The van der Waals surface area contributed by atoms with Gasteiger partial charge in [-0.1, -0.05) is 12.1 Å². The van der Waals surface area contributed by atoms with Crippen LogP contribution in [0.1, 0.15) is 27.4 Å². The number of nitrogens with zero attached hydrogens (tertiary/aromatic N) is 2. The third-order valence-electron chi connectivity index (χ3n) is 3.70. The lowest BCUT2D eigenvalue weighted by molar-refractivity contribution is -0.114. The lowest BCUT2D eigenvalue weighted by atomic mass is 10.0. The van der Waals surface area contributed by atoms with Gasteiger partial charge in [0.05, 0.1) is 7.11 Å². The Bertz CT molecular complexity index is 835. The van der Waals surface area contributed by atoms with E-state index in [1.54, 1.807) is 13.3 Å². The molecule has 2 N–H and O–H groups in total. The van der Waals surface area contributed by atoms with E-state index in [1.165, 1.54) is 6.33 Å². The fourth-order valence-corrected chi connectivity index (χ4v) is 2.41. The number of carbonyl (C=O) groups excluding carboxylic acids is 2. The molecule has 122 valence electrons. The summed E-state index contributed by atoms with van der Waals surface area (Å²) in [5.41, 5.74) is 2.77. The molecular formula is C17H16N4O3. The molecule has 0 aliphatic heterocycles. The van der Waals surface area contributed by atoms with Crippen LogP contribution < -0.4 is 4.74 Å². The molecule has 3 aromatic rings. The molecule has 0 atom stereocenters. The number of rotatable bonds is 7. The average molecular weight is 324 g/mol. The first-order valence-corrected chi connectivity index (χ1v) is 7.38. The van der Waals surface area contributed by atoms with E-state index in [2.05, 4.69) is 20.2 Å². The smallest absolute Gasteiger partial charge is 0.265 e. The number of aromatic amines is 2. The van der Waals surface area contributed by atoms with E-state index in [0.29, 0.717) is 6.42 Å². The number of Topliss-reactive ketones (excluding diaryl/α,β-unsaturated/α-hetero) is 2. The number of aromatic nitrogens is 4. The molecule has 24 heavy (non-hydrogen) atoms. The first-order valence-electron chi connectivity index (χ1n) is 7.38. The second-order valence-corrected chi connectivity index (χ2v) is 5.27. The van der Waals surface area contributed by atoms with Crippen LogP contribution in [0.2, 0.25) is 0 Å². The number of benzene rings is 1. The van der Waals surface area contributed by atoms with Crippen LogP contribution in [0.5, 0.6) is 5.75 Å². The maximum absolute atomic E-state index is 12.1. The summed E-state index contributed by atoms with van der Waals surface area (Å²) in [5.74, 6) is -0.433. The van der Waals surface area contributed by atoms with Gasteiger partial charge in [0.1, 0.15) is 12.1 Å². The van der Waals surface area contributed by atoms with Crippen LogP contribution in [0.4, 0.5) is 0 Å². The highest BCUT2D eigenvalue weighted by atomic mass is 16.5. The first kappa shape index (κ1) is 15.7. The Balaban J connectivity index is 1.70. The minimum absolute atomic E-state index is 0.0223. The Kier molecular flexibility index (Phi) is 4.51. The summed E-state index contributed by atoms with van der Waals surface area (Å²) in [7, 11) is 1.62. The van der Waals surface area contributed by atoms with Crippen molar-refractivity contribution >= 4 is 11.6 Å². The molecule has 0 aliphatic rings. The van der Waals surface area contributed by atoms with Crippen LogP contribution in [0.25, 0.3) is 0 Å². The zero-order valence-corrected chi connectivity index (χ0v) is 13.1. The predicted molar refractivity (Wildman–Crippen MR) is 86.0 cm³/mol. The number of nitrogens with one attached hydrogen (secondary N) is 2. The minimum Gasteiger partial charge on any atom is -0.497 e. The van der Waals surface area contributed by atoms with Gasteiger partial charge in [0.2, 0.25) is 5.78 Å². The van der Waals surface area contributed by atoms with Gasteiger partial charge in [0, 0.05) is 24.7 Å². The maximum atomic E-state index is 12.1. The van der Waals surface area contributed by atoms with Crippen molar-refractivity contribution in [2.45, 2.75) is 12.8 Å². The fourth-order valence-electron chi connectivity index (χ4n) is 2.41. The zero-order chi connectivity index (χ0) is 16.9. The lowest BCUT2D eigenvalue weighted by Gasteiger charge is -2.05. The van der Waals surface area contributed by atoms with Gasteiger partial charge in [0.15, 0.2) is 5.82 Å². The van der Waals surface area contributed by atoms with Crippen molar-refractivity contribution in [3.63, 3.8) is 0 Å². The quantitative estimate of drug-likeness (QED) is 0.509. The van der Waals surface area contributed by atoms with E-state index in [0.717, 1.165) is 22.6 Å². The zero-order valence-electron chi connectivity index (χ0n) is 13.1. The largest absolute Gasteiger partial charge is 0.497 e. The normalized spacial score (nSPS) is 10.5. The molecule has 3 rings (SSSR count). The van der Waals surface area contributed by atoms with Crippen molar-refractivity contribution in [1.29, 1.82) is 0 Å². The molecule has 7 heteroatoms. The van der Waals surface area contributed by atoms with Gasteiger partial charge in [-0.05, 0) is 29.3 Å². The summed E-state index contributed by atoms with van der Waals surface area (Å²) < 4.78 is 5.14. The average Bonchev–Trinajstić information content (AvgIpc) is 3.27. The molecule has 0 spiro atoms. The highest BCUT2D eigenvalue weighted by Gasteiger charge is 2.20. The van der Waals surface area contributed by atoms with Crippen LogP contribution in [0.3, 0.4) is 0 Å². The van der Waals surface area contributed by atoms with E-state index >= 15 is 0 Å². The van der Waals surface area contributed by atoms with Crippen LogP contribution >= 0.6 is 0 Å². The number of carbonyl (C=O) groups is 2. The van der Waals surface area contributed by atoms with Crippen LogP contribution in [0.15, 0.2) is 42.9 Å². The van der Waals surface area contributed by atoms with E-state index in [1.807, 2.05) is 30.3 Å². The Labute approximate surface area is 138 Å². The van der Waals surface area contributed by atoms with Crippen molar-refractivity contribution in [3.8, 4) is 5.75 Å². The number of hydrogen-bond acceptors (Lipinski definition) is 5. The molecule has 0 saturated heterocycles. The molecule has 1 aromatic carbocycles. The Morgan fingerprint density at radius 3 is 2.62 bits per heavy atom. The number of ether oxygens (including phenoxy) is 1. The molecule has 7 nitrogen and oxygen atoms in total. The number of ketones is 2. The second kappa shape index (κ2) is 6.91. The number of methoxy groups -OCH3 is 1. The summed E-state index contributed by atoms with van der Waals surface area (Å²) in [6, 6.07) is 9.51. The van der Waals surface area contributed by atoms with Crippen molar-refractivity contribution < 1.29 is 14.3 Å². The molecule has 2 aromatic heterocycles. The molecule has 0 amide bonds. The van der Waals surface area contributed by atoms with E-state index < -0.39 is 11.6 Å². The first-order chi connectivity index (χ1) is 11.7. The van der Waals surface area contributed by atoms with E-state index in [9.17, 15) is 9.59 Å². The Hall–Kier alpha value is -3.22.